The highest BCUT2D eigenvalue weighted by Crippen LogP contribution is 2.23. The van der Waals surface area contributed by atoms with Crippen molar-refractivity contribution in [2.75, 3.05) is 13.2 Å². The molecule has 0 radical (unpaired) electrons. The van der Waals surface area contributed by atoms with Crippen molar-refractivity contribution in [1.29, 1.82) is 0 Å². The second-order valence-electron chi connectivity index (χ2n) is 4.21. The van der Waals surface area contributed by atoms with Crippen LogP contribution in [0.5, 0.6) is 0 Å². The molecule has 2 heterocycles. The van der Waals surface area contributed by atoms with Crippen LogP contribution in [0.15, 0.2) is 24.2 Å². The van der Waals surface area contributed by atoms with Crippen LogP contribution in [0.3, 0.4) is 0 Å². The number of aryl methyl sites for hydroxylation is 1. The second-order valence-corrected chi connectivity index (χ2v) is 4.21. The van der Waals surface area contributed by atoms with Crippen molar-refractivity contribution in [1.82, 2.24) is 15.3 Å². The highest BCUT2D eigenvalue weighted by Gasteiger charge is 2.21. The number of allylic oxidation sites excluding steroid dienone is 1. The van der Waals surface area contributed by atoms with E-state index in [1.807, 2.05) is 19.3 Å². The predicted molar refractivity (Wildman–Crippen MR) is 66.5 cm³/mol. The number of aromatic nitrogens is 2. The molecule has 4 nitrogen and oxygen atoms in total. The molecular weight excluding hydrogens is 214 g/mol. The molecule has 1 aliphatic heterocycles. The number of likely N-dealkylation sites (N-methyl/N-ethyl adjacent to an activating group) is 1. The van der Waals surface area contributed by atoms with Crippen LogP contribution in [-0.2, 0) is 4.74 Å². The normalized spacial score (nSPS) is 17.2. The van der Waals surface area contributed by atoms with E-state index in [0.29, 0.717) is 0 Å². The van der Waals surface area contributed by atoms with Gasteiger partial charge in [0, 0.05) is 12.4 Å². The van der Waals surface area contributed by atoms with Crippen molar-refractivity contribution in [3.63, 3.8) is 0 Å². The fourth-order valence-electron chi connectivity index (χ4n) is 1.85. The molecule has 4 heteroatoms. The maximum Gasteiger partial charge on any atom is 0.152 e. The average molecular weight is 233 g/mol. The first kappa shape index (κ1) is 12.0. The summed E-state index contributed by atoms with van der Waals surface area (Å²) in [4.78, 5) is 8.76. The molecule has 0 saturated carbocycles. The van der Waals surface area contributed by atoms with Crippen molar-refractivity contribution in [3.05, 3.63) is 35.6 Å². The molecule has 1 aromatic heterocycles. The van der Waals surface area contributed by atoms with E-state index in [1.54, 1.807) is 0 Å². The quantitative estimate of drug-likeness (QED) is 0.865. The lowest BCUT2D eigenvalue weighted by Gasteiger charge is -2.23. The van der Waals surface area contributed by atoms with Crippen LogP contribution in [0.4, 0.5) is 0 Å². The van der Waals surface area contributed by atoms with Gasteiger partial charge in [-0.25, -0.2) is 9.97 Å². The van der Waals surface area contributed by atoms with Crippen LogP contribution >= 0.6 is 0 Å². The zero-order chi connectivity index (χ0) is 12.1. The van der Waals surface area contributed by atoms with Gasteiger partial charge in [0.1, 0.15) is 11.8 Å². The van der Waals surface area contributed by atoms with Crippen LogP contribution in [-0.4, -0.2) is 23.1 Å². The molecule has 1 unspecified atom stereocenters. The van der Waals surface area contributed by atoms with E-state index in [-0.39, 0.29) is 6.04 Å². The minimum Gasteiger partial charge on any atom is -0.496 e. The summed E-state index contributed by atoms with van der Waals surface area (Å²) in [6.45, 7) is 5.72. The lowest BCUT2D eigenvalue weighted by molar-refractivity contribution is 0.166. The van der Waals surface area contributed by atoms with Gasteiger partial charge < -0.3 is 10.1 Å². The van der Waals surface area contributed by atoms with E-state index in [4.69, 9.17) is 4.74 Å². The Morgan fingerprint density at radius 2 is 2.18 bits per heavy atom. The lowest BCUT2D eigenvalue weighted by Crippen LogP contribution is -2.27. The number of nitrogens with zero attached hydrogens (tertiary/aromatic N) is 2. The highest BCUT2D eigenvalue weighted by atomic mass is 16.5. The smallest absolute Gasteiger partial charge is 0.152 e. The van der Waals surface area contributed by atoms with Gasteiger partial charge in [-0.1, -0.05) is 6.92 Å². The fourth-order valence-corrected chi connectivity index (χ4v) is 1.85. The second kappa shape index (κ2) is 5.77. The van der Waals surface area contributed by atoms with Gasteiger partial charge in [-0.15, -0.1) is 0 Å². The van der Waals surface area contributed by atoms with E-state index in [1.165, 1.54) is 0 Å². The zero-order valence-corrected chi connectivity index (χ0v) is 10.4. The van der Waals surface area contributed by atoms with Gasteiger partial charge in [0.05, 0.1) is 6.61 Å². The molecular formula is C13H19N3O. The first-order valence-electron chi connectivity index (χ1n) is 6.16. The summed E-state index contributed by atoms with van der Waals surface area (Å²) in [5.41, 5.74) is 1.07. The Bertz CT molecular complexity index is 386. The van der Waals surface area contributed by atoms with Gasteiger partial charge in [0.25, 0.3) is 0 Å². The van der Waals surface area contributed by atoms with Gasteiger partial charge in [0.15, 0.2) is 5.82 Å². The molecule has 1 aromatic rings. The largest absolute Gasteiger partial charge is 0.496 e. The molecule has 1 aliphatic rings. The van der Waals surface area contributed by atoms with Gasteiger partial charge in [-0.3, -0.25) is 0 Å². The highest BCUT2D eigenvalue weighted by molar-refractivity contribution is 5.15. The average Bonchev–Trinajstić information content (AvgIpc) is 2.38. The third-order valence-corrected chi connectivity index (χ3v) is 2.71. The van der Waals surface area contributed by atoms with E-state index in [9.17, 15) is 0 Å². The standard InChI is InChI=1S/C13H19N3O/c1-3-14-12(11-6-4-5-7-17-11)13-15-8-10(2)9-16-13/h6,8-9,12,14H,3-5,7H2,1-2H3. The van der Waals surface area contributed by atoms with Crippen LogP contribution < -0.4 is 5.32 Å². The number of ether oxygens (including phenoxy) is 1. The summed E-state index contributed by atoms with van der Waals surface area (Å²) in [7, 11) is 0. The molecule has 2 rings (SSSR count). The zero-order valence-electron chi connectivity index (χ0n) is 10.4. The van der Waals surface area contributed by atoms with Gasteiger partial charge >= 0.3 is 0 Å². The monoisotopic (exact) mass is 233 g/mol. The third-order valence-electron chi connectivity index (χ3n) is 2.71. The van der Waals surface area contributed by atoms with Crippen molar-refractivity contribution in [2.45, 2.75) is 32.7 Å². The third kappa shape index (κ3) is 3.03. The van der Waals surface area contributed by atoms with Crippen molar-refractivity contribution < 1.29 is 4.74 Å². The SMILES string of the molecule is CCNC(C1=CCCCO1)c1ncc(C)cn1. The van der Waals surface area contributed by atoms with Crippen LogP contribution in [0.1, 0.15) is 37.2 Å². The fraction of sp³-hybridized carbons (Fsp3) is 0.538. The molecule has 0 aliphatic carbocycles. The van der Waals surface area contributed by atoms with Crippen LogP contribution in [0, 0.1) is 6.92 Å². The van der Waals surface area contributed by atoms with Gasteiger partial charge in [0.2, 0.25) is 0 Å². The molecule has 0 aromatic carbocycles. The Hall–Kier alpha value is -1.42. The lowest BCUT2D eigenvalue weighted by atomic mass is 10.1. The molecule has 92 valence electrons. The van der Waals surface area contributed by atoms with Crippen molar-refractivity contribution in [3.8, 4) is 0 Å². The minimum absolute atomic E-state index is 0.0131. The Morgan fingerprint density at radius 3 is 2.76 bits per heavy atom. The molecule has 1 N–H and O–H groups in total. The van der Waals surface area contributed by atoms with Crippen molar-refractivity contribution >= 4 is 0 Å². The maximum absolute atomic E-state index is 5.70. The molecule has 0 bridgehead atoms. The summed E-state index contributed by atoms with van der Waals surface area (Å²) in [5.74, 6) is 1.74. The topological polar surface area (TPSA) is 47.0 Å². The Labute approximate surface area is 102 Å². The predicted octanol–water partition coefficient (Wildman–Crippen LogP) is 2.13. The van der Waals surface area contributed by atoms with Crippen LogP contribution in [0.2, 0.25) is 0 Å². The van der Waals surface area contributed by atoms with E-state index in [0.717, 1.165) is 43.1 Å². The molecule has 0 fully saturated rings. The summed E-state index contributed by atoms with van der Waals surface area (Å²) in [6.07, 6.45) is 7.99. The first-order valence-corrected chi connectivity index (χ1v) is 6.16. The first-order chi connectivity index (χ1) is 8.31. The van der Waals surface area contributed by atoms with E-state index >= 15 is 0 Å². The van der Waals surface area contributed by atoms with Crippen molar-refractivity contribution in [2.24, 2.45) is 0 Å². The van der Waals surface area contributed by atoms with Gasteiger partial charge in [-0.05, 0) is 37.9 Å². The Balaban J connectivity index is 2.21. The molecule has 17 heavy (non-hydrogen) atoms. The Kier molecular flexibility index (Phi) is 4.09. The molecule has 0 spiro atoms. The maximum atomic E-state index is 5.70. The minimum atomic E-state index is -0.0131. The summed E-state index contributed by atoms with van der Waals surface area (Å²) in [6, 6.07) is -0.0131. The molecule has 0 amide bonds. The molecule has 1 atom stereocenters. The summed E-state index contributed by atoms with van der Waals surface area (Å²) >= 11 is 0. The Morgan fingerprint density at radius 1 is 1.41 bits per heavy atom. The van der Waals surface area contributed by atoms with Crippen LogP contribution in [0.25, 0.3) is 0 Å². The van der Waals surface area contributed by atoms with E-state index < -0.39 is 0 Å². The number of hydrogen-bond donors (Lipinski definition) is 1. The number of rotatable bonds is 4. The number of nitrogens with one attached hydrogen (secondary N) is 1. The summed E-state index contributed by atoms with van der Waals surface area (Å²) < 4.78 is 5.70. The van der Waals surface area contributed by atoms with E-state index in [2.05, 4.69) is 28.3 Å². The van der Waals surface area contributed by atoms with Gasteiger partial charge in [-0.2, -0.15) is 0 Å². The molecule has 0 saturated heterocycles. The summed E-state index contributed by atoms with van der Waals surface area (Å²) in [5, 5.41) is 3.37. The number of hydrogen-bond acceptors (Lipinski definition) is 4.